The smallest absolute Gasteiger partial charge is 0.313 e. The maximum Gasteiger partial charge on any atom is 0.313 e. The Morgan fingerprint density at radius 2 is 1.96 bits per heavy atom. The van der Waals surface area contributed by atoms with Crippen LogP contribution >= 0.6 is 15.9 Å². The van der Waals surface area contributed by atoms with E-state index in [4.69, 9.17) is 14.2 Å². The van der Waals surface area contributed by atoms with E-state index in [2.05, 4.69) is 41.3 Å². The van der Waals surface area contributed by atoms with Crippen LogP contribution in [-0.2, 0) is 33.4 Å². The highest BCUT2D eigenvalue weighted by molar-refractivity contribution is 9.09. The van der Waals surface area contributed by atoms with Crippen molar-refractivity contribution < 1.29 is 38.5 Å². The van der Waals surface area contributed by atoms with Crippen LogP contribution in [0.3, 0.4) is 0 Å². The Morgan fingerprint density at radius 3 is 2.60 bits per heavy atom. The van der Waals surface area contributed by atoms with Gasteiger partial charge in [-0.05, 0) is 31.2 Å². The number of aliphatic hydroxyl groups excluding tert-OH is 1. The summed E-state index contributed by atoms with van der Waals surface area (Å²) < 4.78 is 18.4. The van der Waals surface area contributed by atoms with Crippen molar-refractivity contribution in [2.24, 2.45) is 11.8 Å². The second kappa shape index (κ2) is 17.6. The van der Waals surface area contributed by atoms with Crippen LogP contribution in [0.15, 0.2) is 55.6 Å². The van der Waals surface area contributed by atoms with Gasteiger partial charge in [0.05, 0.1) is 30.6 Å². The number of alkyl halides is 1. The minimum absolute atomic E-state index is 0.0628. The van der Waals surface area contributed by atoms with Crippen LogP contribution in [0.5, 0.6) is 0 Å². The quantitative estimate of drug-likeness (QED) is 0.0898. The molecule has 1 aromatic rings. The highest BCUT2D eigenvalue weighted by Crippen LogP contribution is 2.60. The fourth-order valence-electron chi connectivity index (χ4n) is 7.46. The van der Waals surface area contributed by atoms with Crippen molar-refractivity contribution in [3.63, 3.8) is 0 Å². The molecule has 264 valence electrons. The van der Waals surface area contributed by atoms with Gasteiger partial charge in [-0.15, -0.1) is 13.2 Å². The Labute approximate surface area is 292 Å². The fraction of sp³-hybridized carbons (Fsp3) is 0.611. The van der Waals surface area contributed by atoms with Crippen LogP contribution in [0.2, 0.25) is 0 Å². The molecule has 1 unspecified atom stereocenters. The average molecular weight is 733 g/mol. The van der Waals surface area contributed by atoms with Gasteiger partial charge in [-0.25, -0.2) is 0 Å². The number of hydrogen-bond acceptors (Lipinski definition) is 8. The van der Waals surface area contributed by atoms with Crippen LogP contribution in [-0.4, -0.2) is 107 Å². The molecule has 3 saturated heterocycles. The summed E-state index contributed by atoms with van der Waals surface area (Å²) in [7, 11) is 1.50. The van der Waals surface area contributed by atoms with Crippen LogP contribution in [0.25, 0.3) is 0 Å². The lowest BCUT2D eigenvalue weighted by Gasteiger charge is -2.37. The van der Waals surface area contributed by atoms with Crippen molar-refractivity contribution in [3.8, 4) is 0 Å². The highest BCUT2D eigenvalue weighted by Gasteiger charge is 2.77. The molecule has 0 radical (unpaired) electrons. The second-order valence-corrected chi connectivity index (χ2v) is 14.0. The number of aliphatic hydroxyl groups is 1. The molecule has 8 atom stereocenters. The molecule has 1 spiro atoms. The first-order valence-corrected chi connectivity index (χ1v) is 17.9. The first-order valence-electron chi connectivity index (χ1n) is 17.0. The molecule has 3 aliphatic rings. The Balaban J connectivity index is 1.69. The van der Waals surface area contributed by atoms with Gasteiger partial charge >= 0.3 is 5.97 Å². The first kappa shape index (κ1) is 37.8. The lowest BCUT2D eigenvalue weighted by atomic mass is 9.70. The maximum absolute atomic E-state index is 14.4. The third-order valence-corrected chi connectivity index (χ3v) is 10.4. The molecular weight excluding hydrogens is 682 g/mol. The van der Waals surface area contributed by atoms with Gasteiger partial charge in [0, 0.05) is 44.6 Å². The molecule has 2 N–H and O–H groups in total. The monoisotopic (exact) mass is 731 g/mol. The van der Waals surface area contributed by atoms with E-state index in [0.717, 1.165) is 19.3 Å². The third-order valence-electron chi connectivity index (χ3n) is 9.55. The number of fused-ring (bicyclic) bond motifs is 1. The molecule has 0 aromatic heterocycles. The summed E-state index contributed by atoms with van der Waals surface area (Å²) in [6.45, 7) is 10.5. The number of nitrogens with zero attached hydrogens (tertiary/aromatic N) is 2. The lowest BCUT2D eigenvalue weighted by Crippen LogP contribution is -2.57. The molecule has 1 aromatic carbocycles. The summed E-state index contributed by atoms with van der Waals surface area (Å²) in [5.74, 6) is -3.48. The van der Waals surface area contributed by atoms with Crippen LogP contribution in [0.4, 0.5) is 0 Å². The Kier molecular flexibility index (Phi) is 13.8. The number of carbonyl (C=O) groups excluding carboxylic acids is 4. The largest absolute Gasteiger partial charge is 0.455 e. The SMILES string of the molecule is C=CCCC(=O)N[C@@H](COC)[C@@H](OC(=O)[C@H]1[C@@H]2O[C@@]3(CC2Br)[C@@H]1C(=O)N(CCCO)[C@@H]3C(=O)N(CC=C)CCCCC)c1ccccc1. The molecule has 2 bridgehead atoms. The highest BCUT2D eigenvalue weighted by atomic mass is 79.9. The number of methoxy groups -OCH3 is 1. The minimum atomic E-state index is -1.26. The van der Waals surface area contributed by atoms with E-state index in [1.807, 2.05) is 18.2 Å². The summed E-state index contributed by atoms with van der Waals surface area (Å²) >= 11 is 3.72. The number of nitrogens with one attached hydrogen (secondary N) is 1. The summed E-state index contributed by atoms with van der Waals surface area (Å²) in [4.78, 5) is 58.9. The molecule has 0 saturated carbocycles. The zero-order valence-corrected chi connectivity index (χ0v) is 29.6. The van der Waals surface area contributed by atoms with Gasteiger partial charge in [-0.2, -0.15) is 0 Å². The average Bonchev–Trinajstić information content (AvgIpc) is 3.67. The van der Waals surface area contributed by atoms with Gasteiger partial charge in [-0.3, -0.25) is 19.2 Å². The summed E-state index contributed by atoms with van der Waals surface area (Å²) in [6, 6.07) is 7.39. The Morgan fingerprint density at radius 1 is 1.21 bits per heavy atom. The molecule has 11 nitrogen and oxygen atoms in total. The van der Waals surface area contributed by atoms with E-state index in [1.165, 1.54) is 12.0 Å². The first-order chi connectivity index (χ1) is 23.2. The minimum Gasteiger partial charge on any atom is -0.455 e. The number of unbranched alkanes of at least 4 members (excludes halogenated alkanes) is 2. The Hall–Kier alpha value is -3.06. The topological polar surface area (TPSA) is 135 Å². The van der Waals surface area contributed by atoms with Crippen molar-refractivity contribution in [1.82, 2.24) is 15.1 Å². The molecule has 3 fully saturated rings. The molecular formula is C36H50BrN3O8. The van der Waals surface area contributed by atoms with Gasteiger partial charge in [0.2, 0.25) is 17.7 Å². The normalized spacial score (nSPS) is 26.9. The molecule has 4 rings (SSSR count). The number of amides is 3. The molecule has 3 amide bonds. The summed E-state index contributed by atoms with van der Waals surface area (Å²) in [6.07, 6.45) is 5.74. The predicted octanol–water partition coefficient (Wildman–Crippen LogP) is 3.70. The van der Waals surface area contributed by atoms with Gasteiger partial charge < -0.3 is 34.4 Å². The molecule has 3 aliphatic heterocycles. The number of esters is 1. The van der Waals surface area contributed by atoms with Gasteiger partial charge in [0.1, 0.15) is 17.7 Å². The van der Waals surface area contributed by atoms with E-state index < -0.39 is 47.7 Å². The van der Waals surface area contributed by atoms with E-state index in [9.17, 15) is 24.3 Å². The summed E-state index contributed by atoms with van der Waals surface area (Å²) in [5, 5.41) is 12.7. The molecule has 12 heteroatoms. The van der Waals surface area contributed by atoms with Crippen molar-refractivity contribution >= 4 is 39.6 Å². The van der Waals surface area contributed by atoms with Gasteiger partial charge in [0.15, 0.2) is 0 Å². The lowest BCUT2D eigenvalue weighted by molar-refractivity contribution is -0.163. The van der Waals surface area contributed by atoms with Crippen LogP contribution < -0.4 is 5.32 Å². The number of carbonyl (C=O) groups is 4. The van der Waals surface area contributed by atoms with Gasteiger partial charge in [0.25, 0.3) is 0 Å². The third kappa shape index (κ3) is 7.87. The number of benzene rings is 1. The zero-order valence-electron chi connectivity index (χ0n) is 28.1. The second-order valence-electron chi connectivity index (χ2n) is 12.8. The van der Waals surface area contributed by atoms with E-state index in [1.54, 1.807) is 29.2 Å². The standard InChI is InChI=1S/C36H50BrN3O8/c1-5-8-13-19-39(18-7-3)34(44)32-36-22-25(37)31(48-36)28(29(36)33(43)40(32)20-14-21-41)35(45)47-30(24-15-11-10-12-16-24)26(23-46-4)38-27(42)17-9-6-2/h6-7,10-12,15-16,25-26,28-32,41H,2-3,5,8-9,13-14,17-23H2,1,4H3,(H,38,42)/t25?,26-,28+,29-,30-,31+,32+,36-/m0/s1. The fourth-order valence-corrected chi connectivity index (χ4v) is 8.40. The molecule has 3 heterocycles. The van der Waals surface area contributed by atoms with Crippen molar-refractivity contribution in [2.45, 2.75) is 86.6 Å². The van der Waals surface area contributed by atoms with Crippen molar-refractivity contribution in [2.75, 3.05) is 40.0 Å². The number of rotatable bonds is 20. The maximum atomic E-state index is 14.4. The number of hydrogen-bond donors (Lipinski definition) is 2. The number of ether oxygens (including phenoxy) is 3. The van der Waals surface area contributed by atoms with Crippen molar-refractivity contribution in [3.05, 3.63) is 61.2 Å². The number of halogens is 1. The van der Waals surface area contributed by atoms with Crippen LogP contribution in [0, 0.1) is 11.8 Å². The predicted molar refractivity (Wildman–Crippen MR) is 184 cm³/mol. The van der Waals surface area contributed by atoms with Gasteiger partial charge in [-0.1, -0.05) is 78.2 Å². The number of allylic oxidation sites excluding steroid dienone is 1. The zero-order chi connectivity index (χ0) is 34.8. The number of likely N-dealkylation sites (tertiary alicyclic amines) is 1. The van der Waals surface area contributed by atoms with Crippen LogP contribution in [0.1, 0.15) is 63.5 Å². The molecule has 48 heavy (non-hydrogen) atoms. The van der Waals surface area contributed by atoms with E-state index >= 15 is 0 Å². The van der Waals surface area contributed by atoms with Crippen molar-refractivity contribution in [1.29, 1.82) is 0 Å². The molecule has 0 aliphatic carbocycles. The Bertz CT molecular complexity index is 1300. The summed E-state index contributed by atoms with van der Waals surface area (Å²) in [5.41, 5.74) is -0.614. The van der Waals surface area contributed by atoms with E-state index in [-0.39, 0.29) is 55.1 Å². The van der Waals surface area contributed by atoms with E-state index in [0.29, 0.717) is 31.5 Å².